The first-order valence-corrected chi connectivity index (χ1v) is 5.25. The molecule has 5 nitrogen and oxygen atoms in total. The van der Waals surface area contributed by atoms with E-state index >= 15 is 0 Å². The highest BCUT2D eigenvalue weighted by atomic mass is 16.5. The largest absolute Gasteiger partial charge is 0.494 e. The molecule has 1 N–H and O–H groups in total. The highest BCUT2D eigenvalue weighted by molar-refractivity contribution is 6.32. The van der Waals surface area contributed by atoms with Crippen molar-refractivity contribution < 1.29 is 19.1 Å². The van der Waals surface area contributed by atoms with E-state index < -0.39 is 11.9 Å². The Bertz CT molecular complexity index is 386. The standard InChI is InChI=1S/C12H15NO4/c1-3-17-10-6-4-9(5-7-10)8-13-11(14)12(15)16-2/h4-7H,3,8H2,1-2H3,(H,13,14). The minimum absolute atomic E-state index is 0.278. The fourth-order valence-electron chi connectivity index (χ4n) is 1.22. The predicted molar refractivity (Wildman–Crippen MR) is 61.5 cm³/mol. The van der Waals surface area contributed by atoms with Gasteiger partial charge in [-0.15, -0.1) is 0 Å². The van der Waals surface area contributed by atoms with Crippen molar-refractivity contribution in [3.05, 3.63) is 29.8 Å². The van der Waals surface area contributed by atoms with Crippen molar-refractivity contribution in [3.8, 4) is 5.75 Å². The van der Waals surface area contributed by atoms with Gasteiger partial charge in [0, 0.05) is 6.54 Å². The molecule has 1 aromatic rings. The maximum atomic E-state index is 11.1. The van der Waals surface area contributed by atoms with E-state index in [0.717, 1.165) is 11.3 Å². The van der Waals surface area contributed by atoms with Gasteiger partial charge in [0.15, 0.2) is 0 Å². The number of carbonyl (C=O) groups is 2. The van der Waals surface area contributed by atoms with Crippen LogP contribution in [-0.2, 0) is 20.9 Å². The first kappa shape index (κ1) is 13.0. The summed E-state index contributed by atoms with van der Waals surface area (Å²) in [6.07, 6.45) is 0. The number of ether oxygens (including phenoxy) is 2. The lowest BCUT2D eigenvalue weighted by atomic mass is 10.2. The van der Waals surface area contributed by atoms with Crippen molar-refractivity contribution in [2.45, 2.75) is 13.5 Å². The third-order valence-corrected chi connectivity index (χ3v) is 2.06. The Labute approximate surface area is 99.7 Å². The number of hydrogen-bond donors (Lipinski definition) is 1. The molecule has 0 unspecified atom stereocenters. The maximum absolute atomic E-state index is 11.1. The number of amides is 1. The molecule has 0 saturated heterocycles. The molecule has 0 radical (unpaired) electrons. The first-order valence-electron chi connectivity index (χ1n) is 5.25. The zero-order valence-electron chi connectivity index (χ0n) is 9.86. The molecule has 1 amide bonds. The first-order chi connectivity index (χ1) is 8.17. The normalized spacial score (nSPS) is 9.53. The third kappa shape index (κ3) is 4.14. The Morgan fingerprint density at radius 1 is 1.24 bits per heavy atom. The van der Waals surface area contributed by atoms with Crippen LogP contribution in [0.5, 0.6) is 5.75 Å². The van der Waals surface area contributed by atoms with Crippen LogP contribution in [0.15, 0.2) is 24.3 Å². The van der Waals surface area contributed by atoms with Gasteiger partial charge >= 0.3 is 11.9 Å². The maximum Gasteiger partial charge on any atom is 0.396 e. The molecule has 0 aliphatic rings. The number of nitrogens with one attached hydrogen (secondary N) is 1. The van der Waals surface area contributed by atoms with Gasteiger partial charge in [-0.05, 0) is 24.6 Å². The minimum atomic E-state index is -0.893. The molecular weight excluding hydrogens is 222 g/mol. The van der Waals surface area contributed by atoms with Gasteiger partial charge in [-0.1, -0.05) is 12.1 Å². The second-order valence-electron chi connectivity index (χ2n) is 3.25. The average Bonchev–Trinajstić information content (AvgIpc) is 2.37. The van der Waals surface area contributed by atoms with Crippen molar-refractivity contribution in [1.82, 2.24) is 5.32 Å². The van der Waals surface area contributed by atoms with E-state index in [4.69, 9.17) is 4.74 Å². The average molecular weight is 237 g/mol. The lowest BCUT2D eigenvalue weighted by Gasteiger charge is -2.06. The van der Waals surface area contributed by atoms with E-state index in [2.05, 4.69) is 10.1 Å². The van der Waals surface area contributed by atoms with Gasteiger partial charge in [-0.25, -0.2) is 4.79 Å². The summed E-state index contributed by atoms with van der Waals surface area (Å²) in [5, 5.41) is 2.45. The molecule has 0 heterocycles. The van der Waals surface area contributed by atoms with Crippen LogP contribution < -0.4 is 10.1 Å². The number of carbonyl (C=O) groups excluding carboxylic acids is 2. The Kier molecular flexibility index (Phi) is 5.00. The van der Waals surface area contributed by atoms with Gasteiger partial charge in [-0.3, -0.25) is 4.79 Å². The van der Waals surface area contributed by atoms with Crippen LogP contribution >= 0.6 is 0 Å². The molecule has 0 aliphatic carbocycles. The van der Waals surface area contributed by atoms with Crippen LogP contribution in [0.1, 0.15) is 12.5 Å². The second-order valence-corrected chi connectivity index (χ2v) is 3.25. The minimum Gasteiger partial charge on any atom is -0.494 e. The molecule has 92 valence electrons. The van der Waals surface area contributed by atoms with Crippen molar-refractivity contribution in [2.75, 3.05) is 13.7 Å². The van der Waals surface area contributed by atoms with Gasteiger partial charge in [0.2, 0.25) is 0 Å². The van der Waals surface area contributed by atoms with Gasteiger partial charge in [-0.2, -0.15) is 0 Å². The summed E-state index contributed by atoms with van der Waals surface area (Å²) in [5.74, 6) is -0.868. The molecule has 0 saturated carbocycles. The fraction of sp³-hybridized carbons (Fsp3) is 0.333. The summed E-state index contributed by atoms with van der Waals surface area (Å²) in [7, 11) is 1.17. The summed E-state index contributed by atoms with van der Waals surface area (Å²) in [6, 6.07) is 7.26. The van der Waals surface area contributed by atoms with Crippen molar-refractivity contribution >= 4 is 11.9 Å². The van der Waals surface area contributed by atoms with Crippen molar-refractivity contribution in [3.63, 3.8) is 0 Å². The summed E-state index contributed by atoms with van der Waals surface area (Å²) >= 11 is 0. The lowest BCUT2D eigenvalue weighted by molar-refractivity contribution is -0.152. The van der Waals surface area contributed by atoms with Gasteiger partial charge < -0.3 is 14.8 Å². The second kappa shape index (κ2) is 6.52. The molecule has 5 heteroatoms. The van der Waals surface area contributed by atoms with E-state index in [1.807, 2.05) is 31.2 Å². The molecule has 17 heavy (non-hydrogen) atoms. The molecule has 1 rings (SSSR count). The van der Waals surface area contributed by atoms with Crippen LogP contribution in [0.25, 0.3) is 0 Å². The summed E-state index contributed by atoms with van der Waals surface area (Å²) in [6.45, 7) is 2.79. The molecule has 1 aromatic carbocycles. The van der Waals surface area contributed by atoms with Crippen LogP contribution in [0.3, 0.4) is 0 Å². The van der Waals surface area contributed by atoms with Gasteiger partial charge in [0.25, 0.3) is 0 Å². The predicted octanol–water partition coefficient (Wildman–Crippen LogP) is 0.874. The summed E-state index contributed by atoms with van der Waals surface area (Å²) in [4.78, 5) is 21.9. The van der Waals surface area contributed by atoms with E-state index in [-0.39, 0.29) is 6.54 Å². The van der Waals surface area contributed by atoms with Crippen LogP contribution in [-0.4, -0.2) is 25.6 Å². The molecule has 0 aromatic heterocycles. The Hall–Kier alpha value is -2.04. The molecule has 0 atom stereocenters. The highest BCUT2D eigenvalue weighted by Gasteiger charge is 2.12. The monoisotopic (exact) mass is 237 g/mol. The number of methoxy groups -OCH3 is 1. The fourth-order valence-corrected chi connectivity index (χ4v) is 1.22. The summed E-state index contributed by atoms with van der Waals surface area (Å²) in [5.41, 5.74) is 0.880. The van der Waals surface area contributed by atoms with Crippen LogP contribution in [0.2, 0.25) is 0 Å². The van der Waals surface area contributed by atoms with Crippen LogP contribution in [0, 0.1) is 0 Å². The topological polar surface area (TPSA) is 64.6 Å². The number of esters is 1. The molecule has 0 bridgehead atoms. The SMILES string of the molecule is CCOc1ccc(CNC(=O)C(=O)OC)cc1. The molecule has 0 spiro atoms. The number of benzene rings is 1. The zero-order valence-corrected chi connectivity index (χ0v) is 9.86. The third-order valence-electron chi connectivity index (χ3n) is 2.06. The van der Waals surface area contributed by atoms with Crippen molar-refractivity contribution in [2.24, 2.45) is 0 Å². The Morgan fingerprint density at radius 2 is 1.88 bits per heavy atom. The van der Waals surface area contributed by atoms with E-state index in [1.54, 1.807) is 0 Å². The van der Waals surface area contributed by atoms with Gasteiger partial charge in [0.1, 0.15) is 5.75 Å². The Morgan fingerprint density at radius 3 is 2.41 bits per heavy atom. The lowest BCUT2D eigenvalue weighted by Crippen LogP contribution is -2.31. The number of hydrogen-bond acceptors (Lipinski definition) is 4. The zero-order chi connectivity index (χ0) is 12.7. The molecular formula is C12H15NO4. The molecule has 0 aliphatic heterocycles. The highest BCUT2D eigenvalue weighted by Crippen LogP contribution is 2.11. The van der Waals surface area contributed by atoms with Crippen molar-refractivity contribution in [1.29, 1.82) is 0 Å². The van der Waals surface area contributed by atoms with Gasteiger partial charge in [0.05, 0.1) is 13.7 Å². The van der Waals surface area contributed by atoms with Crippen LogP contribution in [0.4, 0.5) is 0 Å². The van der Waals surface area contributed by atoms with E-state index in [0.29, 0.717) is 6.61 Å². The van der Waals surface area contributed by atoms with E-state index in [9.17, 15) is 9.59 Å². The van der Waals surface area contributed by atoms with E-state index in [1.165, 1.54) is 7.11 Å². The Balaban J connectivity index is 2.47. The quantitative estimate of drug-likeness (QED) is 0.623. The smallest absolute Gasteiger partial charge is 0.396 e. The summed E-state index contributed by atoms with van der Waals surface area (Å²) < 4.78 is 9.56. The molecule has 0 fully saturated rings. The number of rotatable bonds is 4.